The van der Waals surface area contributed by atoms with Crippen LogP contribution in [0.15, 0.2) is 6.07 Å². The highest BCUT2D eigenvalue weighted by molar-refractivity contribution is 7.18. The van der Waals surface area contributed by atoms with E-state index in [1.54, 1.807) is 11.3 Å². The number of rotatable bonds is 2. The van der Waals surface area contributed by atoms with Gasteiger partial charge in [0.2, 0.25) is 0 Å². The minimum absolute atomic E-state index is 0.468. The van der Waals surface area contributed by atoms with E-state index in [2.05, 4.69) is 24.9 Å². The predicted octanol–water partition coefficient (Wildman–Crippen LogP) is 2.96. The van der Waals surface area contributed by atoms with Crippen LogP contribution in [0.5, 0.6) is 0 Å². The SMILES string of the molecule is Cc1cc2c(C)c(CC=O)c(C)nc2s1. The molecular weight excluding hydrogens is 206 g/mol. The van der Waals surface area contributed by atoms with Crippen molar-refractivity contribution in [2.24, 2.45) is 0 Å². The van der Waals surface area contributed by atoms with Crippen molar-refractivity contribution < 1.29 is 4.79 Å². The summed E-state index contributed by atoms with van der Waals surface area (Å²) < 4.78 is 0. The fraction of sp³-hybridized carbons (Fsp3) is 0.333. The number of thiophene rings is 1. The predicted molar refractivity (Wildman–Crippen MR) is 63.6 cm³/mol. The number of aryl methyl sites for hydroxylation is 3. The quantitative estimate of drug-likeness (QED) is 0.727. The van der Waals surface area contributed by atoms with E-state index in [1.807, 2.05) is 6.92 Å². The van der Waals surface area contributed by atoms with Crippen molar-refractivity contribution in [3.8, 4) is 0 Å². The topological polar surface area (TPSA) is 30.0 Å². The number of nitrogens with zero attached hydrogens (tertiary/aromatic N) is 1. The van der Waals surface area contributed by atoms with Gasteiger partial charge >= 0.3 is 0 Å². The molecule has 0 bridgehead atoms. The average Bonchev–Trinajstić information content (AvgIpc) is 2.53. The smallest absolute Gasteiger partial charge is 0.124 e. The van der Waals surface area contributed by atoms with Crippen LogP contribution in [0, 0.1) is 20.8 Å². The van der Waals surface area contributed by atoms with E-state index in [0.29, 0.717) is 6.42 Å². The van der Waals surface area contributed by atoms with Gasteiger partial charge in [-0.25, -0.2) is 4.98 Å². The molecule has 2 heterocycles. The summed E-state index contributed by atoms with van der Waals surface area (Å²) in [6, 6.07) is 2.15. The zero-order chi connectivity index (χ0) is 11.0. The fourth-order valence-electron chi connectivity index (χ4n) is 1.89. The molecule has 2 nitrogen and oxygen atoms in total. The maximum absolute atomic E-state index is 10.6. The Morgan fingerprint density at radius 2 is 2.13 bits per heavy atom. The second-order valence-electron chi connectivity index (χ2n) is 3.75. The fourth-order valence-corrected chi connectivity index (χ4v) is 2.88. The van der Waals surface area contributed by atoms with Crippen molar-refractivity contribution in [2.45, 2.75) is 27.2 Å². The van der Waals surface area contributed by atoms with Crippen molar-refractivity contribution in [2.75, 3.05) is 0 Å². The second-order valence-corrected chi connectivity index (χ2v) is 4.98. The van der Waals surface area contributed by atoms with Crippen LogP contribution in [0.2, 0.25) is 0 Å². The van der Waals surface area contributed by atoms with Crippen LogP contribution >= 0.6 is 11.3 Å². The van der Waals surface area contributed by atoms with Gasteiger partial charge < -0.3 is 4.79 Å². The average molecular weight is 219 g/mol. The molecule has 0 N–H and O–H groups in total. The Balaban J connectivity index is 2.76. The van der Waals surface area contributed by atoms with E-state index in [4.69, 9.17) is 0 Å². The Hall–Kier alpha value is -1.22. The Labute approximate surface area is 93.0 Å². The van der Waals surface area contributed by atoms with Crippen molar-refractivity contribution in [1.29, 1.82) is 0 Å². The lowest BCUT2D eigenvalue weighted by Gasteiger charge is -2.06. The van der Waals surface area contributed by atoms with Crippen LogP contribution in [0.1, 0.15) is 21.7 Å². The van der Waals surface area contributed by atoms with Gasteiger partial charge in [-0.3, -0.25) is 0 Å². The number of pyridine rings is 1. The van der Waals surface area contributed by atoms with Crippen LogP contribution < -0.4 is 0 Å². The summed E-state index contributed by atoms with van der Waals surface area (Å²) in [6.45, 7) is 6.13. The third-order valence-electron chi connectivity index (χ3n) is 2.69. The summed E-state index contributed by atoms with van der Waals surface area (Å²) in [4.78, 5) is 17.5. The van der Waals surface area contributed by atoms with Gasteiger partial charge in [-0.1, -0.05) is 0 Å². The minimum atomic E-state index is 0.468. The van der Waals surface area contributed by atoms with E-state index < -0.39 is 0 Å². The number of hydrogen-bond donors (Lipinski definition) is 0. The molecule has 0 radical (unpaired) electrons. The van der Waals surface area contributed by atoms with E-state index in [0.717, 1.165) is 22.4 Å². The molecule has 2 aromatic heterocycles. The first-order valence-corrected chi connectivity index (χ1v) is 5.75. The largest absolute Gasteiger partial charge is 0.303 e. The molecule has 2 aromatic rings. The van der Waals surface area contributed by atoms with Crippen LogP contribution in [0.25, 0.3) is 10.2 Å². The molecule has 0 amide bonds. The van der Waals surface area contributed by atoms with Gasteiger partial charge in [-0.15, -0.1) is 11.3 Å². The van der Waals surface area contributed by atoms with E-state index in [9.17, 15) is 4.79 Å². The van der Waals surface area contributed by atoms with Crippen molar-refractivity contribution in [3.05, 3.63) is 27.8 Å². The van der Waals surface area contributed by atoms with Crippen LogP contribution in [0.4, 0.5) is 0 Å². The number of hydrogen-bond acceptors (Lipinski definition) is 3. The normalized spacial score (nSPS) is 10.9. The summed E-state index contributed by atoms with van der Waals surface area (Å²) in [5, 5.41) is 1.19. The zero-order valence-electron chi connectivity index (χ0n) is 9.13. The molecule has 78 valence electrons. The first kappa shape index (κ1) is 10.3. The Morgan fingerprint density at radius 3 is 2.80 bits per heavy atom. The minimum Gasteiger partial charge on any atom is -0.303 e. The van der Waals surface area contributed by atoms with E-state index in [1.165, 1.54) is 15.8 Å². The zero-order valence-corrected chi connectivity index (χ0v) is 9.94. The summed E-state index contributed by atoms with van der Waals surface area (Å²) >= 11 is 1.71. The molecule has 0 aliphatic heterocycles. The number of aromatic nitrogens is 1. The molecule has 0 aliphatic carbocycles. The van der Waals surface area contributed by atoms with Gasteiger partial charge in [0.05, 0.1) is 0 Å². The molecule has 0 unspecified atom stereocenters. The third-order valence-corrected chi connectivity index (χ3v) is 3.63. The van der Waals surface area contributed by atoms with E-state index in [-0.39, 0.29) is 0 Å². The maximum atomic E-state index is 10.6. The standard InChI is InChI=1S/C12H13NOS/c1-7-6-11-8(2)10(4-5-14)9(3)13-12(11)15-7/h5-6H,4H2,1-3H3. The monoisotopic (exact) mass is 219 g/mol. The first-order chi connectivity index (χ1) is 7.13. The number of carbonyl (C=O) groups excluding carboxylic acids is 1. The highest BCUT2D eigenvalue weighted by Gasteiger charge is 2.10. The second kappa shape index (κ2) is 3.74. The molecule has 0 saturated carbocycles. The molecule has 2 rings (SSSR count). The summed E-state index contributed by atoms with van der Waals surface area (Å²) in [6.07, 6.45) is 1.41. The molecule has 3 heteroatoms. The Bertz CT molecular complexity index is 528. The molecule has 0 aliphatic rings. The molecule has 0 saturated heterocycles. The summed E-state index contributed by atoms with van der Waals surface area (Å²) in [5.41, 5.74) is 3.26. The van der Waals surface area contributed by atoms with Gasteiger partial charge in [-0.05, 0) is 38.0 Å². The maximum Gasteiger partial charge on any atom is 0.124 e. The lowest BCUT2D eigenvalue weighted by atomic mass is 10.0. The van der Waals surface area contributed by atoms with Crippen LogP contribution in [-0.4, -0.2) is 11.3 Å². The van der Waals surface area contributed by atoms with E-state index >= 15 is 0 Å². The van der Waals surface area contributed by atoms with Crippen molar-refractivity contribution >= 4 is 27.8 Å². The molecular formula is C12H13NOS. The lowest BCUT2D eigenvalue weighted by Crippen LogP contribution is -1.97. The van der Waals surface area contributed by atoms with Crippen LogP contribution in [0.3, 0.4) is 0 Å². The van der Waals surface area contributed by atoms with Gasteiger partial charge in [-0.2, -0.15) is 0 Å². The highest BCUT2D eigenvalue weighted by Crippen LogP contribution is 2.29. The Morgan fingerprint density at radius 1 is 1.40 bits per heavy atom. The Kier molecular flexibility index (Phi) is 2.57. The number of fused-ring (bicyclic) bond motifs is 1. The molecule has 15 heavy (non-hydrogen) atoms. The van der Waals surface area contributed by atoms with Crippen molar-refractivity contribution in [3.63, 3.8) is 0 Å². The highest BCUT2D eigenvalue weighted by atomic mass is 32.1. The van der Waals surface area contributed by atoms with Gasteiger partial charge in [0.15, 0.2) is 0 Å². The molecule has 0 spiro atoms. The summed E-state index contributed by atoms with van der Waals surface area (Å²) in [5.74, 6) is 0. The molecule has 0 atom stereocenters. The third kappa shape index (κ3) is 1.67. The van der Waals surface area contributed by atoms with Gasteiger partial charge in [0.25, 0.3) is 0 Å². The lowest BCUT2D eigenvalue weighted by molar-refractivity contribution is -0.107. The number of carbonyl (C=O) groups is 1. The number of aldehydes is 1. The molecule has 0 fully saturated rings. The van der Waals surface area contributed by atoms with Crippen LogP contribution in [-0.2, 0) is 11.2 Å². The first-order valence-electron chi connectivity index (χ1n) is 4.93. The summed E-state index contributed by atoms with van der Waals surface area (Å²) in [7, 11) is 0. The van der Waals surface area contributed by atoms with Gasteiger partial charge in [0, 0.05) is 22.4 Å². The molecule has 0 aromatic carbocycles. The van der Waals surface area contributed by atoms with Crippen molar-refractivity contribution in [1.82, 2.24) is 4.98 Å². The van der Waals surface area contributed by atoms with Gasteiger partial charge in [0.1, 0.15) is 11.1 Å².